The zero-order chi connectivity index (χ0) is 20.9. The lowest BCUT2D eigenvalue weighted by molar-refractivity contribution is 0.0839. The number of hydrogen-bond donors (Lipinski definition) is 1. The first-order valence-electron chi connectivity index (χ1n) is 10.1. The van der Waals surface area contributed by atoms with Gasteiger partial charge in [0.25, 0.3) is 0 Å². The molecule has 0 aliphatic carbocycles. The molecule has 0 spiro atoms. The molecule has 0 unspecified atom stereocenters. The molecule has 7 heteroatoms. The third kappa shape index (κ3) is 6.65. The number of pyridine rings is 1. The first-order valence-corrected chi connectivity index (χ1v) is 12.0. The molecule has 1 aromatic carbocycles. The Bertz CT molecular complexity index is 917. The fourth-order valence-corrected chi connectivity index (χ4v) is 4.29. The maximum absolute atomic E-state index is 12.8. The van der Waals surface area contributed by atoms with Gasteiger partial charge in [-0.25, -0.2) is 8.42 Å². The molecule has 29 heavy (non-hydrogen) atoms. The third-order valence-corrected chi connectivity index (χ3v) is 5.95. The van der Waals surface area contributed by atoms with Crippen molar-refractivity contribution in [2.45, 2.75) is 32.6 Å². The van der Waals surface area contributed by atoms with Crippen LogP contribution in [0.3, 0.4) is 0 Å². The Balaban J connectivity index is 1.43. The van der Waals surface area contributed by atoms with E-state index in [0.717, 1.165) is 57.3 Å². The second-order valence-electron chi connectivity index (χ2n) is 7.84. The van der Waals surface area contributed by atoms with Gasteiger partial charge in [0.15, 0.2) is 5.78 Å². The predicted molar refractivity (Wildman–Crippen MR) is 116 cm³/mol. The number of piperidine rings is 1. The van der Waals surface area contributed by atoms with E-state index in [1.165, 1.54) is 5.56 Å². The second kappa shape index (κ2) is 9.50. The van der Waals surface area contributed by atoms with Gasteiger partial charge < -0.3 is 4.90 Å². The van der Waals surface area contributed by atoms with Crippen LogP contribution in [0.15, 0.2) is 42.6 Å². The zero-order valence-corrected chi connectivity index (χ0v) is 17.9. The Kier molecular flexibility index (Phi) is 7.03. The van der Waals surface area contributed by atoms with Crippen LogP contribution in [0.5, 0.6) is 0 Å². The first-order chi connectivity index (χ1) is 13.8. The highest BCUT2D eigenvalue weighted by atomic mass is 32.2. The SMILES string of the molecule is Cc1ccc(CCCN2CCC(C(=O)c3ccc(NS(C)(=O)=O)cc3)CC2)cn1. The summed E-state index contributed by atoms with van der Waals surface area (Å²) in [6.07, 6.45) is 6.93. The molecule has 1 aliphatic heterocycles. The van der Waals surface area contributed by atoms with Crippen LogP contribution in [0, 0.1) is 12.8 Å². The summed E-state index contributed by atoms with van der Waals surface area (Å²) in [6, 6.07) is 10.9. The van der Waals surface area contributed by atoms with Crippen molar-refractivity contribution in [2.75, 3.05) is 30.6 Å². The van der Waals surface area contributed by atoms with Crippen molar-refractivity contribution in [1.82, 2.24) is 9.88 Å². The van der Waals surface area contributed by atoms with E-state index in [4.69, 9.17) is 0 Å². The van der Waals surface area contributed by atoms with Gasteiger partial charge in [-0.05, 0) is 88.1 Å². The van der Waals surface area contributed by atoms with Gasteiger partial charge in [-0.2, -0.15) is 0 Å². The summed E-state index contributed by atoms with van der Waals surface area (Å²) < 4.78 is 25.0. The van der Waals surface area contributed by atoms with Crippen molar-refractivity contribution in [1.29, 1.82) is 0 Å². The standard InChI is InChI=1S/C22H29N3O3S/c1-17-5-6-18(16-23-17)4-3-13-25-14-11-20(12-15-25)22(26)19-7-9-21(10-8-19)24-29(2,27)28/h5-10,16,20,24H,3-4,11-15H2,1-2H3. The van der Waals surface area contributed by atoms with E-state index in [-0.39, 0.29) is 11.7 Å². The number of nitrogens with zero attached hydrogens (tertiary/aromatic N) is 2. The largest absolute Gasteiger partial charge is 0.303 e. The number of anilines is 1. The maximum Gasteiger partial charge on any atom is 0.229 e. The summed E-state index contributed by atoms with van der Waals surface area (Å²) in [4.78, 5) is 19.5. The predicted octanol–water partition coefficient (Wildman–Crippen LogP) is 3.29. The van der Waals surface area contributed by atoms with Crippen LogP contribution in [0.2, 0.25) is 0 Å². The summed E-state index contributed by atoms with van der Waals surface area (Å²) in [5.74, 6) is 0.197. The molecule has 156 valence electrons. The molecular weight excluding hydrogens is 386 g/mol. The van der Waals surface area contributed by atoms with Crippen molar-refractivity contribution in [3.8, 4) is 0 Å². The van der Waals surface area contributed by atoms with Crippen LogP contribution in [-0.4, -0.2) is 50.0 Å². The molecule has 3 rings (SSSR count). The molecule has 1 N–H and O–H groups in total. The molecule has 1 aromatic heterocycles. The number of aryl methyl sites for hydroxylation is 2. The molecule has 0 amide bonds. The van der Waals surface area contributed by atoms with Gasteiger partial charge in [0.2, 0.25) is 10.0 Å². The second-order valence-corrected chi connectivity index (χ2v) is 9.59. The lowest BCUT2D eigenvalue weighted by Crippen LogP contribution is -2.37. The van der Waals surface area contributed by atoms with Crippen molar-refractivity contribution in [3.05, 3.63) is 59.4 Å². The van der Waals surface area contributed by atoms with Gasteiger partial charge in [-0.1, -0.05) is 6.07 Å². The molecular formula is C22H29N3O3S. The lowest BCUT2D eigenvalue weighted by Gasteiger charge is -2.31. The number of likely N-dealkylation sites (tertiary alicyclic amines) is 1. The molecule has 0 atom stereocenters. The first kappa shape index (κ1) is 21.5. The van der Waals surface area contributed by atoms with E-state index < -0.39 is 10.0 Å². The number of nitrogens with one attached hydrogen (secondary N) is 1. The highest BCUT2D eigenvalue weighted by Crippen LogP contribution is 2.23. The van der Waals surface area contributed by atoms with E-state index in [9.17, 15) is 13.2 Å². The number of benzene rings is 1. The molecule has 1 fully saturated rings. The van der Waals surface area contributed by atoms with E-state index in [2.05, 4.69) is 26.7 Å². The van der Waals surface area contributed by atoms with Crippen molar-refractivity contribution in [2.24, 2.45) is 5.92 Å². The number of ketones is 1. The van der Waals surface area contributed by atoms with Gasteiger partial charge in [0, 0.05) is 29.1 Å². The molecule has 1 saturated heterocycles. The normalized spacial score (nSPS) is 15.9. The fourth-order valence-electron chi connectivity index (χ4n) is 3.72. The average molecular weight is 416 g/mol. The molecule has 2 aromatic rings. The van der Waals surface area contributed by atoms with E-state index in [0.29, 0.717) is 11.3 Å². The number of Topliss-reactive ketones (excluding diaryl/α,β-unsaturated/α-hetero) is 1. The average Bonchev–Trinajstić information content (AvgIpc) is 2.69. The number of carbonyl (C=O) groups excluding carboxylic acids is 1. The third-order valence-electron chi connectivity index (χ3n) is 5.34. The smallest absolute Gasteiger partial charge is 0.229 e. The Morgan fingerprint density at radius 3 is 2.41 bits per heavy atom. The molecule has 1 aliphatic rings. The van der Waals surface area contributed by atoms with Crippen LogP contribution >= 0.6 is 0 Å². The lowest BCUT2D eigenvalue weighted by atomic mass is 9.88. The minimum atomic E-state index is -3.31. The number of carbonyl (C=O) groups is 1. The van der Waals surface area contributed by atoms with Crippen LogP contribution < -0.4 is 4.72 Å². The number of rotatable bonds is 8. The summed E-state index contributed by atoms with van der Waals surface area (Å²) in [7, 11) is -3.31. The monoisotopic (exact) mass is 415 g/mol. The quantitative estimate of drug-likeness (QED) is 0.669. The molecule has 0 radical (unpaired) electrons. The van der Waals surface area contributed by atoms with Crippen LogP contribution in [0.25, 0.3) is 0 Å². The summed E-state index contributed by atoms with van der Waals surface area (Å²) >= 11 is 0. The molecule has 2 heterocycles. The number of sulfonamides is 1. The van der Waals surface area contributed by atoms with Crippen molar-refractivity contribution in [3.63, 3.8) is 0 Å². The van der Waals surface area contributed by atoms with Crippen molar-refractivity contribution < 1.29 is 13.2 Å². The Morgan fingerprint density at radius 1 is 1.14 bits per heavy atom. The molecule has 6 nitrogen and oxygen atoms in total. The Hall–Kier alpha value is -2.25. The highest BCUT2D eigenvalue weighted by Gasteiger charge is 2.25. The topological polar surface area (TPSA) is 79.4 Å². The minimum Gasteiger partial charge on any atom is -0.303 e. The number of aromatic nitrogens is 1. The summed E-state index contributed by atoms with van der Waals surface area (Å²) in [6.45, 7) is 4.92. The Morgan fingerprint density at radius 2 is 1.83 bits per heavy atom. The van der Waals surface area contributed by atoms with Gasteiger partial charge in [-0.15, -0.1) is 0 Å². The van der Waals surface area contributed by atoms with Gasteiger partial charge in [0.05, 0.1) is 6.26 Å². The zero-order valence-electron chi connectivity index (χ0n) is 17.1. The van der Waals surface area contributed by atoms with Crippen LogP contribution in [0.1, 0.15) is 40.9 Å². The van der Waals surface area contributed by atoms with E-state index >= 15 is 0 Å². The summed E-state index contributed by atoms with van der Waals surface area (Å²) in [5.41, 5.74) is 3.44. The van der Waals surface area contributed by atoms with Gasteiger partial charge in [0.1, 0.15) is 0 Å². The van der Waals surface area contributed by atoms with Crippen LogP contribution in [-0.2, 0) is 16.4 Å². The van der Waals surface area contributed by atoms with E-state index in [1.54, 1.807) is 24.3 Å². The van der Waals surface area contributed by atoms with Crippen LogP contribution in [0.4, 0.5) is 5.69 Å². The fraction of sp³-hybridized carbons (Fsp3) is 0.455. The maximum atomic E-state index is 12.8. The van der Waals surface area contributed by atoms with Crippen molar-refractivity contribution >= 4 is 21.5 Å². The Labute approximate surface area is 173 Å². The van der Waals surface area contributed by atoms with Gasteiger partial charge >= 0.3 is 0 Å². The molecule has 0 bridgehead atoms. The molecule has 0 saturated carbocycles. The number of hydrogen-bond acceptors (Lipinski definition) is 5. The summed E-state index contributed by atoms with van der Waals surface area (Å²) in [5, 5.41) is 0. The highest BCUT2D eigenvalue weighted by molar-refractivity contribution is 7.92. The minimum absolute atomic E-state index is 0.0428. The van der Waals surface area contributed by atoms with Gasteiger partial charge in [-0.3, -0.25) is 14.5 Å². The van der Waals surface area contributed by atoms with E-state index in [1.807, 2.05) is 13.1 Å².